The molecule has 0 radical (unpaired) electrons. The lowest BCUT2D eigenvalue weighted by atomic mass is 10.1. The van der Waals surface area contributed by atoms with Crippen LogP contribution >= 0.6 is 0 Å². The summed E-state index contributed by atoms with van der Waals surface area (Å²) in [5, 5.41) is 25.0. The number of hydrogen-bond acceptors (Lipinski definition) is 4. The Morgan fingerprint density at radius 3 is 1.50 bits per heavy atom. The van der Waals surface area contributed by atoms with Gasteiger partial charge in [0.05, 0.1) is 37.1 Å². The lowest BCUT2D eigenvalue weighted by Gasteiger charge is -2.00. The highest BCUT2D eigenvalue weighted by molar-refractivity contribution is 4.84. The molecule has 0 N–H and O–H groups in total. The van der Waals surface area contributed by atoms with Crippen LogP contribution in [0.3, 0.4) is 0 Å². The molecule has 0 aromatic rings. The molecule has 14 heavy (non-hydrogen) atoms. The Labute approximate surface area is 85.3 Å². The lowest BCUT2D eigenvalue weighted by Crippen LogP contribution is -2.01. The molecule has 0 spiro atoms. The Hall–Kier alpha value is -1.42. The third-order valence-electron chi connectivity index (χ3n) is 2.05. The molecule has 0 heterocycles. The normalized spacial score (nSPS) is 14.6. The van der Waals surface area contributed by atoms with Crippen molar-refractivity contribution in [2.45, 2.75) is 26.7 Å². The van der Waals surface area contributed by atoms with Gasteiger partial charge in [-0.1, -0.05) is 13.8 Å². The minimum Gasteiger partial charge on any atom is -0.198 e. The molecular weight excluding hydrogens is 176 g/mol. The third kappa shape index (κ3) is 5.27. The fraction of sp³-hybridized carbons (Fsp3) is 0.800. The molecule has 0 saturated heterocycles. The Bertz CT molecular complexity index is 220. The van der Waals surface area contributed by atoms with E-state index in [0.717, 1.165) is 12.8 Å². The Morgan fingerprint density at radius 1 is 0.929 bits per heavy atom. The first-order valence-electron chi connectivity index (χ1n) is 4.90. The fourth-order valence-corrected chi connectivity index (χ4v) is 0.835. The second-order valence-electron chi connectivity index (χ2n) is 3.12. The van der Waals surface area contributed by atoms with Gasteiger partial charge in [0.25, 0.3) is 0 Å². The van der Waals surface area contributed by atoms with Gasteiger partial charge in [-0.2, -0.15) is 20.8 Å². The van der Waals surface area contributed by atoms with Crippen molar-refractivity contribution in [3.63, 3.8) is 0 Å². The van der Waals surface area contributed by atoms with Gasteiger partial charge in [-0.3, -0.25) is 0 Å². The highest BCUT2D eigenvalue weighted by Gasteiger charge is 2.03. The molecule has 0 saturated carbocycles. The first-order valence-corrected chi connectivity index (χ1v) is 4.90. The Balaban J connectivity index is 3.75. The molecule has 2 atom stereocenters. The van der Waals surface area contributed by atoms with Crippen LogP contribution in [0.4, 0.5) is 0 Å². The van der Waals surface area contributed by atoms with Crippen LogP contribution < -0.4 is 0 Å². The molecule has 0 fully saturated rings. The van der Waals surface area contributed by atoms with E-state index in [-0.39, 0.29) is 11.8 Å². The number of rotatable bonds is 6. The molecule has 0 aromatic heterocycles. The van der Waals surface area contributed by atoms with E-state index >= 15 is 0 Å². The van der Waals surface area contributed by atoms with E-state index in [0.29, 0.717) is 13.1 Å². The smallest absolute Gasteiger partial charge is 0.0757 e. The van der Waals surface area contributed by atoms with Gasteiger partial charge in [0.2, 0.25) is 0 Å². The van der Waals surface area contributed by atoms with E-state index < -0.39 is 0 Å². The van der Waals surface area contributed by atoms with Crippen molar-refractivity contribution in [1.82, 2.24) is 0 Å². The average Bonchev–Trinajstić information content (AvgIpc) is 2.24. The first-order chi connectivity index (χ1) is 6.78. The van der Waals surface area contributed by atoms with E-state index in [1.54, 1.807) is 0 Å². The summed E-state index contributed by atoms with van der Waals surface area (Å²) in [6, 6.07) is 4.30. The van der Waals surface area contributed by atoms with E-state index in [9.17, 15) is 0 Å². The van der Waals surface area contributed by atoms with Crippen molar-refractivity contribution in [1.29, 1.82) is 10.5 Å². The highest BCUT2D eigenvalue weighted by Crippen LogP contribution is 2.03. The van der Waals surface area contributed by atoms with Gasteiger partial charge in [-0.15, -0.1) is 0 Å². The molecule has 0 aromatic carbocycles. The molecule has 0 aliphatic carbocycles. The van der Waals surface area contributed by atoms with Gasteiger partial charge in [0.1, 0.15) is 0 Å². The van der Waals surface area contributed by atoms with Crippen LogP contribution in [-0.4, -0.2) is 13.1 Å². The predicted octanol–water partition coefficient (Wildman–Crippen LogP) is 2.54. The van der Waals surface area contributed by atoms with Gasteiger partial charge in [-0.05, 0) is 12.8 Å². The maximum Gasteiger partial charge on any atom is 0.0757 e. The maximum absolute atomic E-state index is 8.62. The zero-order chi connectivity index (χ0) is 10.8. The summed E-state index contributed by atoms with van der Waals surface area (Å²) in [5.74, 6) is -0.0816. The average molecular weight is 192 g/mol. The minimum atomic E-state index is -0.0408. The summed E-state index contributed by atoms with van der Waals surface area (Å²) in [6.07, 6.45) is 1.59. The van der Waals surface area contributed by atoms with Crippen LogP contribution in [0.25, 0.3) is 0 Å². The van der Waals surface area contributed by atoms with Crippen molar-refractivity contribution in [2.75, 3.05) is 13.1 Å². The lowest BCUT2D eigenvalue weighted by molar-refractivity contribution is 0.594. The molecule has 4 heteroatoms. The zero-order valence-electron chi connectivity index (χ0n) is 8.77. The predicted molar refractivity (Wildman–Crippen MR) is 53.4 cm³/mol. The Morgan fingerprint density at radius 2 is 1.29 bits per heavy atom. The van der Waals surface area contributed by atoms with Crippen LogP contribution in [0.15, 0.2) is 10.2 Å². The van der Waals surface area contributed by atoms with Crippen molar-refractivity contribution < 1.29 is 0 Å². The molecular formula is C10H16N4. The van der Waals surface area contributed by atoms with Gasteiger partial charge in [0.15, 0.2) is 0 Å². The van der Waals surface area contributed by atoms with Gasteiger partial charge in [0, 0.05) is 0 Å². The second kappa shape index (κ2) is 8.19. The van der Waals surface area contributed by atoms with E-state index in [1.165, 1.54) is 0 Å². The van der Waals surface area contributed by atoms with Crippen LogP contribution in [0.5, 0.6) is 0 Å². The minimum absolute atomic E-state index is 0.0408. The quantitative estimate of drug-likeness (QED) is 0.606. The van der Waals surface area contributed by atoms with Gasteiger partial charge in [-0.25, -0.2) is 0 Å². The summed E-state index contributed by atoms with van der Waals surface area (Å²) < 4.78 is 0. The first kappa shape index (κ1) is 12.6. The van der Waals surface area contributed by atoms with Gasteiger partial charge < -0.3 is 0 Å². The van der Waals surface area contributed by atoms with Crippen molar-refractivity contribution in [2.24, 2.45) is 22.1 Å². The summed E-state index contributed by atoms with van der Waals surface area (Å²) >= 11 is 0. The number of nitrogens with zero attached hydrogens (tertiary/aromatic N) is 4. The standard InChI is InChI=1S/C10H16N4/c1-3-9(5-11)7-13-14-8-10(4-2)6-12/h9-10H,3-4,7-8H2,1-2H3. The molecule has 0 aliphatic heterocycles. The summed E-state index contributed by atoms with van der Waals surface area (Å²) in [6.45, 7) is 4.81. The van der Waals surface area contributed by atoms with Crippen molar-refractivity contribution in [3.8, 4) is 12.1 Å². The summed E-state index contributed by atoms with van der Waals surface area (Å²) in [5.41, 5.74) is 0. The molecule has 0 rings (SSSR count). The van der Waals surface area contributed by atoms with Gasteiger partial charge >= 0.3 is 0 Å². The van der Waals surface area contributed by atoms with Crippen molar-refractivity contribution >= 4 is 0 Å². The van der Waals surface area contributed by atoms with E-state index in [2.05, 4.69) is 22.4 Å². The van der Waals surface area contributed by atoms with E-state index in [4.69, 9.17) is 10.5 Å². The molecule has 0 bridgehead atoms. The van der Waals surface area contributed by atoms with Crippen LogP contribution in [0.1, 0.15) is 26.7 Å². The SMILES string of the molecule is CCC(C#N)CN=NCC(C#N)CC. The molecule has 0 aliphatic rings. The van der Waals surface area contributed by atoms with Crippen LogP contribution in [0.2, 0.25) is 0 Å². The topological polar surface area (TPSA) is 72.3 Å². The van der Waals surface area contributed by atoms with Crippen LogP contribution in [-0.2, 0) is 0 Å². The highest BCUT2D eigenvalue weighted by atomic mass is 15.1. The van der Waals surface area contributed by atoms with Crippen molar-refractivity contribution in [3.05, 3.63) is 0 Å². The zero-order valence-corrected chi connectivity index (χ0v) is 8.77. The summed E-state index contributed by atoms with van der Waals surface area (Å²) in [7, 11) is 0. The molecule has 4 nitrogen and oxygen atoms in total. The molecule has 0 amide bonds. The molecule has 76 valence electrons. The number of nitriles is 2. The van der Waals surface area contributed by atoms with Crippen LogP contribution in [0, 0.1) is 34.5 Å². The summed E-state index contributed by atoms with van der Waals surface area (Å²) in [4.78, 5) is 0. The van der Waals surface area contributed by atoms with E-state index in [1.807, 2.05) is 13.8 Å². The maximum atomic E-state index is 8.62. The number of azo groups is 1. The monoisotopic (exact) mass is 192 g/mol. The third-order valence-corrected chi connectivity index (χ3v) is 2.05. The number of hydrogen-bond donors (Lipinski definition) is 0. The molecule has 2 unspecified atom stereocenters. The largest absolute Gasteiger partial charge is 0.198 e. The fourth-order valence-electron chi connectivity index (χ4n) is 0.835. The Kier molecular flexibility index (Phi) is 7.36. The second-order valence-corrected chi connectivity index (χ2v) is 3.12.